The number of benzene rings is 6. The predicted octanol–water partition coefficient (Wildman–Crippen LogP) is 10.4. The van der Waals surface area contributed by atoms with Gasteiger partial charge in [-0.05, 0) is 84.6 Å². The molecule has 54 heavy (non-hydrogen) atoms. The first kappa shape index (κ1) is 37.4. The molecule has 0 fully saturated rings. The van der Waals surface area contributed by atoms with Crippen LogP contribution in [0.2, 0.25) is 0 Å². The Morgan fingerprint density at radius 2 is 0.889 bits per heavy atom. The smallest absolute Gasteiger partial charge is 0.440 e. The molecule has 7 rings (SSSR count). The highest BCUT2D eigenvalue weighted by atomic mass is 31.3. The largest absolute Gasteiger partial charge is 0.447 e. The number of hydrogen-bond donors (Lipinski definition) is 2. The van der Waals surface area contributed by atoms with Crippen LogP contribution in [0.1, 0.15) is 11.1 Å². The molecule has 2 N–H and O–H groups in total. The fraction of sp³-hybridized carbons (Fsp3) is 0.100. The van der Waals surface area contributed by atoms with E-state index in [1.54, 1.807) is 16.7 Å². The lowest BCUT2D eigenvalue weighted by Crippen LogP contribution is -2.37. The van der Waals surface area contributed by atoms with Gasteiger partial charge >= 0.3 is 24.6 Å². The van der Waals surface area contributed by atoms with Crippen LogP contribution in [-0.2, 0) is 12.8 Å². The molecule has 14 heteroatoms. The van der Waals surface area contributed by atoms with Gasteiger partial charge in [0.15, 0.2) is 0 Å². The van der Waals surface area contributed by atoms with Gasteiger partial charge in [-0.25, -0.2) is 0 Å². The topological polar surface area (TPSA) is 115 Å². The molecule has 0 bridgehead atoms. The zero-order valence-electron chi connectivity index (χ0n) is 29.0. The molecule has 0 radical (unpaired) electrons. The van der Waals surface area contributed by atoms with Gasteiger partial charge in [0, 0.05) is 22.4 Å². The van der Waals surface area contributed by atoms with E-state index in [-0.39, 0.29) is 13.2 Å². The highest BCUT2D eigenvalue weighted by Crippen LogP contribution is 2.78. The molecule has 6 aromatic rings. The minimum atomic E-state index is -3.98. The molecular formula is C40H38N3O8P3. The molecule has 0 aliphatic carbocycles. The first-order chi connectivity index (χ1) is 26.6. The van der Waals surface area contributed by atoms with Crippen molar-refractivity contribution in [1.82, 2.24) is 9.21 Å². The summed E-state index contributed by atoms with van der Waals surface area (Å²) in [5.74, 6) is 2.85. The van der Waals surface area contributed by atoms with E-state index in [4.69, 9.17) is 32.3 Å². The number of para-hydroxylation sites is 6. The molecule has 0 saturated heterocycles. The van der Waals surface area contributed by atoms with Gasteiger partial charge in [-0.1, -0.05) is 109 Å². The number of aliphatic hydroxyl groups excluding tert-OH is 2. The molecule has 0 aromatic heterocycles. The van der Waals surface area contributed by atoms with Crippen LogP contribution in [0.25, 0.3) is 0 Å². The average Bonchev–Trinajstić information content (AvgIpc) is 3.21. The molecule has 0 amide bonds. The third-order valence-electron chi connectivity index (χ3n) is 7.71. The molecule has 6 aromatic carbocycles. The Kier molecular flexibility index (Phi) is 12.7. The average molecular weight is 782 g/mol. The number of hydrogen-bond acceptors (Lipinski definition) is 11. The van der Waals surface area contributed by atoms with E-state index in [0.717, 1.165) is 11.1 Å². The summed E-state index contributed by atoms with van der Waals surface area (Å²) >= 11 is 0. The zero-order chi connectivity index (χ0) is 37.0. The molecular weight excluding hydrogens is 743 g/mol. The van der Waals surface area contributed by atoms with Crippen molar-refractivity contribution in [1.29, 1.82) is 0 Å². The maximum Gasteiger partial charge on any atom is 0.447 e. The Hall–Kier alpha value is -4.95. The Morgan fingerprint density at radius 1 is 0.481 bits per heavy atom. The number of nitrogens with zero attached hydrogens (tertiary/aromatic N) is 3. The van der Waals surface area contributed by atoms with Crippen molar-refractivity contribution in [3.05, 3.63) is 181 Å². The van der Waals surface area contributed by atoms with E-state index in [1.165, 1.54) is 4.60 Å². The second kappa shape index (κ2) is 18.4. The van der Waals surface area contributed by atoms with Crippen molar-refractivity contribution in [2.45, 2.75) is 12.8 Å². The number of aliphatic hydroxyl groups is 2. The minimum Gasteiger partial charge on any atom is -0.440 e. The summed E-state index contributed by atoms with van der Waals surface area (Å²) in [4.78, 5) is 13.5. The fourth-order valence-corrected chi connectivity index (χ4v) is 12.8. The van der Waals surface area contributed by atoms with Crippen molar-refractivity contribution in [3.8, 4) is 34.5 Å². The first-order valence-electron chi connectivity index (χ1n) is 17.2. The molecule has 0 spiro atoms. The van der Waals surface area contributed by atoms with E-state index < -0.39 is 24.6 Å². The normalized spacial score (nSPS) is 16.8. The summed E-state index contributed by atoms with van der Waals surface area (Å²) in [7, 11) is -8.39. The lowest BCUT2D eigenvalue weighted by Gasteiger charge is -2.44. The highest BCUT2D eigenvalue weighted by molar-refractivity contribution is 7.78. The molecule has 2 atom stereocenters. The van der Waals surface area contributed by atoms with Crippen LogP contribution in [0.15, 0.2) is 174 Å². The molecule has 11 nitrogen and oxygen atoms in total. The van der Waals surface area contributed by atoms with Gasteiger partial charge in [0.2, 0.25) is 0 Å². The standard InChI is InChI=1S/C40H38N3O8P3/c44-31-29-33-17-13-15-27-39(33)50-54(51-40-28-16-14-18-34(40)30-32-45)41-52(48-37-23-9-3-10-24-37)42(46-35-19-5-1-6-20-35)53(49-38-25-11-4-12-26-38)43(54)47-36-21-7-2-8-22-36/h1-28,44-45H,29-32H2. The van der Waals surface area contributed by atoms with E-state index >= 15 is 0 Å². The Bertz CT molecular complexity index is 2070. The van der Waals surface area contributed by atoms with Crippen molar-refractivity contribution >= 4 is 24.6 Å². The first-order valence-corrected chi connectivity index (χ1v) is 21.0. The SMILES string of the molecule is OCCc1ccccc1OP1(Oc2ccccc2CCO)=NP(Oc2ccccc2)N(Oc2ccccc2)P(Oc2ccccc2)N1Oc1ccccc1. The maximum atomic E-state index is 10.1. The van der Waals surface area contributed by atoms with Gasteiger partial charge < -0.3 is 38.0 Å². The van der Waals surface area contributed by atoms with Gasteiger partial charge in [-0.3, -0.25) is 0 Å². The van der Waals surface area contributed by atoms with Crippen molar-refractivity contribution in [3.63, 3.8) is 0 Å². The summed E-state index contributed by atoms with van der Waals surface area (Å²) < 4.78 is 36.4. The molecule has 1 aliphatic rings. The van der Waals surface area contributed by atoms with Crippen LogP contribution < -0.4 is 27.8 Å². The van der Waals surface area contributed by atoms with Crippen molar-refractivity contribution < 1.29 is 38.0 Å². The Labute approximate surface area is 316 Å². The predicted molar refractivity (Wildman–Crippen MR) is 211 cm³/mol. The Balaban J connectivity index is 1.51. The van der Waals surface area contributed by atoms with Crippen LogP contribution in [0.4, 0.5) is 0 Å². The molecule has 2 unspecified atom stereocenters. The summed E-state index contributed by atoms with van der Waals surface area (Å²) in [6.45, 7) is -0.223. The maximum absolute atomic E-state index is 10.1. The zero-order valence-corrected chi connectivity index (χ0v) is 31.7. The monoisotopic (exact) mass is 781 g/mol. The minimum absolute atomic E-state index is 0.111. The molecule has 1 heterocycles. The summed E-state index contributed by atoms with van der Waals surface area (Å²) in [5.41, 5.74) is 1.46. The molecule has 0 saturated carbocycles. The second-order valence-electron chi connectivity index (χ2n) is 11.6. The van der Waals surface area contributed by atoms with Gasteiger partial charge in [0.05, 0.1) is 0 Å². The van der Waals surface area contributed by atoms with Crippen LogP contribution in [0, 0.1) is 0 Å². The van der Waals surface area contributed by atoms with E-state index in [2.05, 4.69) is 0 Å². The lowest BCUT2D eigenvalue weighted by atomic mass is 10.1. The van der Waals surface area contributed by atoms with Gasteiger partial charge in [-0.2, -0.15) is 0 Å². The van der Waals surface area contributed by atoms with Gasteiger partial charge in [0.25, 0.3) is 0 Å². The van der Waals surface area contributed by atoms with E-state index in [0.29, 0.717) is 47.3 Å². The quantitative estimate of drug-likeness (QED) is 0.0920. The highest BCUT2D eigenvalue weighted by Gasteiger charge is 2.58. The third kappa shape index (κ3) is 9.22. The van der Waals surface area contributed by atoms with Gasteiger partial charge in [0.1, 0.15) is 34.5 Å². The van der Waals surface area contributed by atoms with Crippen molar-refractivity contribution in [2.24, 2.45) is 4.52 Å². The van der Waals surface area contributed by atoms with Crippen LogP contribution >= 0.6 is 24.6 Å². The van der Waals surface area contributed by atoms with Gasteiger partial charge in [-0.15, -0.1) is 4.52 Å². The third-order valence-corrected chi connectivity index (χ3v) is 14.5. The molecule has 1 aliphatic heterocycles. The summed E-state index contributed by atoms with van der Waals surface area (Å²) in [5, 5.41) is 20.1. The second-order valence-corrected chi connectivity index (χ2v) is 17.1. The molecule has 276 valence electrons. The lowest BCUT2D eigenvalue weighted by molar-refractivity contribution is 0.0544. The van der Waals surface area contributed by atoms with Crippen LogP contribution in [0.5, 0.6) is 34.5 Å². The Morgan fingerprint density at radius 3 is 1.37 bits per heavy atom. The number of rotatable bonds is 16. The van der Waals surface area contributed by atoms with Crippen LogP contribution in [0.3, 0.4) is 0 Å². The fourth-order valence-electron chi connectivity index (χ4n) is 5.20. The van der Waals surface area contributed by atoms with Crippen LogP contribution in [-0.4, -0.2) is 32.6 Å². The van der Waals surface area contributed by atoms with E-state index in [9.17, 15) is 10.2 Å². The summed E-state index contributed by atoms with van der Waals surface area (Å²) in [6, 6.07) is 52.0. The van der Waals surface area contributed by atoms with E-state index in [1.807, 2.05) is 158 Å². The summed E-state index contributed by atoms with van der Waals surface area (Å²) in [6.07, 6.45) is 0.620. The van der Waals surface area contributed by atoms with Crippen molar-refractivity contribution in [2.75, 3.05) is 13.2 Å².